The fourth-order valence-corrected chi connectivity index (χ4v) is 3.31. The normalized spacial score (nSPS) is 11.0. The summed E-state index contributed by atoms with van der Waals surface area (Å²) in [5, 5.41) is 0. The number of carbonyl (C=O) groups is 1. The second-order valence-corrected chi connectivity index (χ2v) is 7.44. The lowest BCUT2D eigenvalue weighted by atomic mass is 10.2. The van der Waals surface area contributed by atoms with Crippen LogP contribution in [-0.2, 0) is 10.0 Å². The SMILES string of the molecule is CN(C)C(=O)c1cccc(S(=O)(=O)Nc2cccc(Br)c2)c1. The van der Waals surface area contributed by atoms with Gasteiger partial charge in [-0.3, -0.25) is 9.52 Å². The third-order valence-corrected chi connectivity index (χ3v) is 4.75. The van der Waals surface area contributed by atoms with Gasteiger partial charge in [0.25, 0.3) is 15.9 Å². The Labute approximate surface area is 138 Å². The summed E-state index contributed by atoms with van der Waals surface area (Å²) in [5.74, 6) is -0.250. The zero-order valence-corrected chi connectivity index (χ0v) is 14.5. The standard InChI is InChI=1S/C15H15BrN2O3S/c1-18(2)15(19)11-5-3-8-14(9-11)22(20,21)17-13-7-4-6-12(16)10-13/h3-10,17H,1-2H3. The number of amides is 1. The predicted octanol–water partition coefficient (Wildman–Crippen LogP) is 2.95. The molecule has 2 rings (SSSR count). The predicted molar refractivity (Wildman–Crippen MR) is 89.4 cm³/mol. The molecule has 5 nitrogen and oxygen atoms in total. The number of benzene rings is 2. The molecule has 116 valence electrons. The van der Waals surface area contributed by atoms with E-state index in [9.17, 15) is 13.2 Å². The molecule has 0 aliphatic heterocycles. The molecule has 1 N–H and O–H groups in total. The van der Waals surface area contributed by atoms with Crippen LogP contribution in [0.2, 0.25) is 0 Å². The molecule has 2 aromatic carbocycles. The summed E-state index contributed by atoms with van der Waals surface area (Å²) in [5.41, 5.74) is 0.765. The van der Waals surface area contributed by atoms with Crippen LogP contribution >= 0.6 is 15.9 Å². The highest BCUT2D eigenvalue weighted by Gasteiger charge is 2.17. The second kappa shape index (κ2) is 6.50. The van der Waals surface area contributed by atoms with Gasteiger partial charge in [-0.25, -0.2) is 8.42 Å². The summed E-state index contributed by atoms with van der Waals surface area (Å²) in [6.45, 7) is 0. The molecule has 0 atom stereocenters. The van der Waals surface area contributed by atoms with Crippen molar-refractivity contribution in [1.82, 2.24) is 4.90 Å². The van der Waals surface area contributed by atoms with E-state index < -0.39 is 10.0 Å². The summed E-state index contributed by atoms with van der Waals surface area (Å²) in [6, 6.07) is 12.8. The van der Waals surface area contributed by atoms with Gasteiger partial charge in [0.1, 0.15) is 0 Å². The highest BCUT2D eigenvalue weighted by molar-refractivity contribution is 9.10. The van der Waals surface area contributed by atoms with E-state index >= 15 is 0 Å². The summed E-state index contributed by atoms with van der Waals surface area (Å²) in [4.78, 5) is 13.4. The minimum absolute atomic E-state index is 0.0418. The van der Waals surface area contributed by atoms with Gasteiger partial charge in [-0.05, 0) is 36.4 Å². The van der Waals surface area contributed by atoms with Crippen molar-refractivity contribution in [2.45, 2.75) is 4.90 Å². The molecule has 0 saturated carbocycles. The van der Waals surface area contributed by atoms with Crippen LogP contribution in [0.1, 0.15) is 10.4 Å². The molecular weight excluding hydrogens is 368 g/mol. The minimum Gasteiger partial charge on any atom is -0.345 e. The molecule has 1 amide bonds. The Hall–Kier alpha value is -1.86. The Balaban J connectivity index is 2.34. The van der Waals surface area contributed by atoms with Crippen LogP contribution in [0, 0.1) is 0 Å². The number of nitrogens with one attached hydrogen (secondary N) is 1. The monoisotopic (exact) mass is 382 g/mol. The molecule has 0 bridgehead atoms. The van der Waals surface area contributed by atoms with Crippen molar-refractivity contribution in [3.8, 4) is 0 Å². The topological polar surface area (TPSA) is 66.5 Å². The maximum atomic E-state index is 12.4. The number of nitrogens with zero attached hydrogens (tertiary/aromatic N) is 1. The number of anilines is 1. The molecular formula is C15H15BrN2O3S. The Bertz CT molecular complexity index is 804. The van der Waals surface area contributed by atoms with Crippen molar-refractivity contribution >= 4 is 37.5 Å². The smallest absolute Gasteiger partial charge is 0.261 e. The number of carbonyl (C=O) groups excluding carboxylic acids is 1. The Kier molecular flexibility index (Phi) is 4.87. The van der Waals surface area contributed by atoms with Gasteiger partial charge < -0.3 is 4.90 Å². The van der Waals surface area contributed by atoms with Crippen LogP contribution in [0.3, 0.4) is 0 Å². The molecule has 7 heteroatoms. The Morgan fingerprint density at radius 1 is 1.09 bits per heavy atom. The Morgan fingerprint density at radius 3 is 2.41 bits per heavy atom. The zero-order chi connectivity index (χ0) is 16.3. The van der Waals surface area contributed by atoms with Crippen molar-refractivity contribution in [2.75, 3.05) is 18.8 Å². The van der Waals surface area contributed by atoms with Crippen LogP contribution in [0.4, 0.5) is 5.69 Å². The van der Waals surface area contributed by atoms with E-state index in [4.69, 9.17) is 0 Å². The van der Waals surface area contributed by atoms with E-state index in [0.717, 1.165) is 4.47 Å². The van der Waals surface area contributed by atoms with Crippen molar-refractivity contribution in [3.63, 3.8) is 0 Å². The molecule has 22 heavy (non-hydrogen) atoms. The fourth-order valence-electron chi connectivity index (χ4n) is 1.82. The van der Waals surface area contributed by atoms with E-state index in [1.807, 2.05) is 0 Å². The molecule has 0 aromatic heterocycles. The molecule has 2 aromatic rings. The first-order chi connectivity index (χ1) is 10.3. The average Bonchev–Trinajstić information content (AvgIpc) is 2.46. The highest BCUT2D eigenvalue weighted by atomic mass is 79.9. The summed E-state index contributed by atoms with van der Waals surface area (Å²) >= 11 is 3.29. The van der Waals surface area contributed by atoms with Crippen molar-refractivity contribution in [1.29, 1.82) is 0 Å². The van der Waals surface area contributed by atoms with E-state index in [1.165, 1.54) is 17.0 Å². The van der Waals surface area contributed by atoms with Crippen LogP contribution < -0.4 is 4.72 Å². The van der Waals surface area contributed by atoms with Gasteiger partial charge in [-0.2, -0.15) is 0 Å². The van der Waals surface area contributed by atoms with Crippen LogP contribution in [0.25, 0.3) is 0 Å². The van der Waals surface area contributed by atoms with Gasteiger partial charge in [-0.1, -0.05) is 28.1 Å². The van der Waals surface area contributed by atoms with Crippen LogP contribution in [0.15, 0.2) is 57.9 Å². The van der Waals surface area contributed by atoms with E-state index in [-0.39, 0.29) is 10.8 Å². The average molecular weight is 383 g/mol. The fraction of sp³-hybridized carbons (Fsp3) is 0.133. The van der Waals surface area contributed by atoms with E-state index in [2.05, 4.69) is 20.7 Å². The quantitative estimate of drug-likeness (QED) is 0.883. The van der Waals surface area contributed by atoms with Gasteiger partial charge in [0.15, 0.2) is 0 Å². The number of hydrogen-bond donors (Lipinski definition) is 1. The highest BCUT2D eigenvalue weighted by Crippen LogP contribution is 2.20. The molecule has 0 aliphatic rings. The molecule has 0 spiro atoms. The first kappa shape index (κ1) is 16.5. The lowest BCUT2D eigenvalue weighted by molar-refractivity contribution is 0.0827. The minimum atomic E-state index is -3.75. The van der Waals surface area contributed by atoms with Gasteiger partial charge in [0.2, 0.25) is 0 Å². The Morgan fingerprint density at radius 2 is 1.77 bits per heavy atom. The van der Waals surface area contributed by atoms with Gasteiger partial charge >= 0.3 is 0 Å². The first-order valence-electron chi connectivity index (χ1n) is 6.40. The number of rotatable bonds is 4. The van der Waals surface area contributed by atoms with E-state index in [1.54, 1.807) is 50.5 Å². The number of sulfonamides is 1. The largest absolute Gasteiger partial charge is 0.345 e. The molecule has 0 unspecified atom stereocenters. The van der Waals surface area contributed by atoms with Crippen molar-refractivity contribution in [3.05, 3.63) is 58.6 Å². The first-order valence-corrected chi connectivity index (χ1v) is 8.67. The maximum Gasteiger partial charge on any atom is 0.261 e. The molecule has 0 saturated heterocycles. The van der Waals surface area contributed by atoms with Crippen LogP contribution in [0.5, 0.6) is 0 Å². The van der Waals surface area contributed by atoms with Crippen LogP contribution in [-0.4, -0.2) is 33.3 Å². The molecule has 0 aliphatic carbocycles. The summed E-state index contributed by atoms with van der Waals surface area (Å²) < 4.78 is 28.1. The van der Waals surface area contributed by atoms with Crippen molar-refractivity contribution < 1.29 is 13.2 Å². The molecule has 0 fully saturated rings. The van der Waals surface area contributed by atoms with Gasteiger partial charge in [-0.15, -0.1) is 0 Å². The third-order valence-electron chi connectivity index (χ3n) is 2.87. The summed E-state index contributed by atoms with van der Waals surface area (Å²) in [7, 11) is -0.525. The van der Waals surface area contributed by atoms with E-state index in [0.29, 0.717) is 11.3 Å². The second-order valence-electron chi connectivity index (χ2n) is 4.84. The lowest BCUT2D eigenvalue weighted by Crippen LogP contribution is -2.22. The van der Waals surface area contributed by atoms with Gasteiger partial charge in [0, 0.05) is 29.8 Å². The zero-order valence-electron chi connectivity index (χ0n) is 12.1. The lowest BCUT2D eigenvalue weighted by Gasteiger charge is -2.12. The van der Waals surface area contributed by atoms with Crippen molar-refractivity contribution in [2.24, 2.45) is 0 Å². The molecule has 0 heterocycles. The number of hydrogen-bond acceptors (Lipinski definition) is 3. The van der Waals surface area contributed by atoms with Gasteiger partial charge in [0.05, 0.1) is 4.90 Å². The molecule has 0 radical (unpaired) electrons. The summed E-state index contributed by atoms with van der Waals surface area (Å²) in [6.07, 6.45) is 0. The third kappa shape index (κ3) is 3.86. The number of halogens is 1. The maximum absolute atomic E-state index is 12.4.